The van der Waals surface area contributed by atoms with Crippen LogP contribution in [-0.2, 0) is 14.4 Å². The highest BCUT2D eigenvalue weighted by Gasteiger charge is 2.17. The Morgan fingerprint density at radius 1 is 1.25 bits per heavy atom. The first-order valence-electron chi connectivity index (χ1n) is 4.63. The van der Waals surface area contributed by atoms with Crippen molar-refractivity contribution in [1.29, 1.82) is 0 Å². The van der Waals surface area contributed by atoms with Gasteiger partial charge in [0, 0.05) is 12.6 Å². The average Bonchev–Trinajstić information content (AvgIpc) is 2.26. The molecule has 0 heterocycles. The van der Waals surface area contributed by atoms with Crippen LogP contribution in [0.3, 0.4) is 0 Å². The van der Waals surface area contributed by atoms with Crippen molar-refractivity contribution in [2.24, 2.45) is 5.16 Å². The van der Waals surface area contributed by atoms with Crippen molar-refractivity contribution >= 4 is 23.1 Å². The summed E-state index contributed by atoms with van der Waals surface area (Å²) in [5.74, 6) is -1.03. The molecule has 0 saturated heterocycles. The molecular weight excluding hydrogens is 208 g/mol. The molecule has 0 aliphatic heterocycles. The maximum atomic E-state index is 11.6. The smallest absolute Gasteiger partial charge is 0.281 e. The minimum Gasteiger partial charge on any atom is -0.398 e. The maximum absolute atomic E-state index is 11.6. The van der Waals surface area contributed by atoms with Crippen LogP contribution in [0.5, 0.6) is 0 Å². The van der Waals surface area contributed by atoms with Gasteiger partial charge in [0.05, 0.1) is 0 Å². The van der Waals surface area contributed by atoms with Crippen LogP contribution in [0.4, 0.5) is 5.69 Å². The number of hydrogen-bond donors (Lipinski definition) is 1. The number of para-hydroxylation sites is 1. The van der Waals surface area contributed by atoms with Gasteiger partial charge in [0.25, 0.3) is 5.91 Å². The highest BCUT2D eigenvalue weighted by atomic mass is 16.6. The maximum Gasteiger partial charge on any atom is 0.281 e. The number of amides is 1. The quantitative estimate of drug-likeness (QED) is 0.471. The van der Waals surface area contributed by atoms with Gasteiger partial charge in [0.2, 0.25) is 5.71 Å². The minimum absolute atomic E-state index is 0.258. The van der Waals surface area contributed by atoms with Gasteiger partial charge in [-0.15, -0.1) is 0 Å². The van der Waals surface area contributed by atoms with E-state index in [0.717, 1.165) is 0 Å². The van der Waals surface area contributed by atoms with E-state index in [0.29, 0.717) is 5.69 Å². The van der Waals surface area contributed by atoms with Crippen LogP contribution in [0.15, 0.2) is 35.5 Å². The Bertz CT molecular complexity index is 412. The number of rotatable bonds is 4. The molecule has 16 heavy (non-hydrogen) atoms. The zero-order valence-electron chi connectivity index (χ0n) is 9.06. The summed E-state index contributed by atoms with van der Waals surface area (Å²) in [7, 11) is 1.28. The Morgan fingerprint density at radius 3 is 2.38 bits per heavy atom. The zero-order valence-corrected chi connectivity index (χ0v) is 9.06. The molecule has 0 saturated carbocycles. The fraction of sp³-hybridized carbons (Fsp3) is 0.182. The summed E-state index contributed by atoms with van der Waals surface area (Å²) in [5.41, 5.74) is 0.337. The lowest BCUT2D eigenvalue weighted by Crippen LogP contribution is -2.28. The number of anilines is 1. The third-order valence-electron chi connectivity index (χ3n) is 1.76. The lowest BCUT2D eigenvalue weighted by atomic mass is 10.2. The SMILES string of the molecule is CO/N=C(/C(C)=O)C(=O)Nc1ccccc1. The molecule has 0 aliphatic rings. The summed E-state index contributed by atoms with van der Waals surface area (Å²) >= 11 is 0. The molecule has 5 nitrogen and oxygen atoms in total. The molecular formula is C11H12N2O3. The van der Waals surface area contributed by atoms with Crippen LogP contribution in [0.2, 0.25) is 0 Å². The second-order valence-corrected chi connectivity index (χ2v) is 3.00. The number of benzene rings is 1. The zero-order chi connectivity index (χ0) is 12.0. The second-order valence-electron chi connectivity index (χ2n) is 3.00. The monoisotopic (exact) mass is 220 g/mol. The largest absolute Gasteiger partial charge is 0.398 e. The van der Waals surface area contributed by atoms with E-state index in [9.17, 15) is 9.59 Å². The number of nitrogens with one attached hydrogen (secondary N) is 1. The van der Waals surface area contributed by atoms with Crippen molar-refractivity contribution in [3.8, 4) is 0 Å². The van der Waals surface area contributed by atoms with E-state index in [1.165, 1.54) is 14.0 Å². The molecule has 0 aliphatic carbocycles. The lowest BCUT2D eigenvalue weighted by molar-refractivity contribution is -0.114. The van der Waals surface area contributed by atoms with Gasteiger partial charge in [-0.3, -0.25) is 9.59 Å². The van der Waals surface area contributed by atoms with Crippen LogP contribution in [0.1, 0.15) is 6.92 Å². The van der Waals surface area contributed by atoms with Crippen molar-refractivity contribution in [1.82, 2.24) is 0 Å². The first-order valence-corrected chi connectivity index (χ1v) is 4.63. The number of carbonyl (C=O) groups is 2. The Hall–Kier alpha value is -2.17. The van der Waals surface area contributed by atoms with Crippen LogP contribution < -0.4 is 5.32 Å². The standard InChI is InChI=1S/C11H12N2O3/c1-8(14)10(13-16-2)11(15)12-9-6-4-3-5-7-9/h3-7H,1-2H3,(H,12,15)/b13-10-. The molecule has 1 rings (SSSR count). The first kappa shape index (κ1) is 11.9. The molecule has 5 heteroatoms. The molecule has 0 spiro atoms. The molecule has 0 bridgehead atoms. The second kappa shape index (κ2) is 5.65. The summed E-state index contributed by atoms with van der Waals surface area (Å²) in [4.78, 5) is 27.1. The molecule has 1 aromatic rings. The van der Waals surface area contributed by atoms with Crippen molar-refractivity contribution in [3.63, 3.8) is 0 Å². The van der Waals surface area contributed by atoms with E-state index in [4.69, 9.17) is 0 Å². The van der Waals surface area contributed by atoms with Crippen LogP contribution >= 0.6 is 0 Å². The summed E-state index contributed by atoms with van der Waals surface area (Å²) in [6.45, 7) is 1.25. The van der Waals surface area contributed by atoms with Crippen molar-refractivity contribution in [2.75, 3.05) is 12.4 Å². The third-order valence-corrected chi connectivity index (χ3v) is 1.76. The Kier molecular flexibility index (Phi) is 4.20. The highest BCUT2D eigenvalue weighted by molar-refractivity contribution is 6.67. The van der Waals surface area contributed by atoms with Gasteiger partial charge < -0.3 is 10.2 Å². The van der Waals surface area contributed by atoms with Crippen LogP contribution in [0, 0.1) is 0 Å². The van der Waals surface area contributed by atoms with E-state index in [1.54, 1.807) is 24.3 Å². The topological polar surface area (TPSA) is 67.8 Å². The molecule has 0 aromatic heterocycles. The van der Waals surface area contributed by atoms with Gasteiger partial charge in [-0.25, -0.2) is 0 Å². The lowest BCUT2D eigenvalue weighted by Gasteiger charge is -2.04. The average molecular weight is 220 g/mol. The Labute approximate surface area is 93.1 Å². The van der Waals surface area contributed by atoms with Gasteiger partial charge in [-0.2, -0.15) is 0 Å². The first-order chi connectivity index (χ1) is 7.65. The van der Waals surface area contributed by atoms with Gasteiger partial charge in [-0.1, -0.05) is 23.4 Å². The van der Waals surface area contributed by atoms with Gasteiger partial charge >= 0.3 is 0 Å². The molecule has 1 N–H and O–H groups in total. The fourth-order valence-electron chi connectivity index (χ4n) is 1.07. The molecule has 0 fully saturated rings. The summed E-state index contributed by atoms with van der Waals surface area (Å²) in [5, 5.41) is 5.91. The summed E-state index contributed by atoms with van der Waals surface area (Å²) in [6, 6.07) is 8.79. The third kappa shape index (κ3) is 3.20. The highest BCUT2D eigenvalue weighted by Crippen LogP contribution is 2.05. The van der Waals surface area contributed by atoms with Crippen LogP contribution in [-0.4, -0.2) is 24.5 Å². The van der Waals surface area contributed by atoms with Gasteiger partial charge in [-0.05, 0) is 12.1 Å². The number of nitrogens with zero attached hydrogens (tertiary/aromatic N) is 1. The van der Waals surface area contributed by atoms with E-state index in [2.05, 4.69) is 15.3 Å². The van der Waals surface area contributed by atoms with Gasteiger partial charge in [0.15, 0.2) is 5.78 Å². The number of hydrogen-bond acceptors (Lipinski definition) is 4. The fourth-order valence-corrected chi connectivity index (χ4v) is 1.07. The van der Waals surface area contributed by atoms with Crippen molar-refractivity contribution in [3.05, 3.63) is 30.3 Å². The minimum atomic E-state index is -0.583. The normalized spacial score (nSPS) is 10.8. The predicted molar refractivity (Wildman–Crippen MR) is 60.2 cm³/mol. The van der Waals surface area contributed by atoms with E-state index in [-0.39, 0.29) is 5.71 Å². The molecule has 1 amide bonds. The molecule has 0 radical (unpaired) electrons. The molecule has 0 atom stereocenters. The van der Waals surface area contributed by atoms with E-state index in [1.807, 2.05) is 6.07 Å². The number of oxime groups is 1. The Morgan fingerprint density at radius 2 is 1.88 bits per heavy atom. The van der Waals surface area contributed by atoms with E-state index < -0.39 is 11.7 Å². The summed E-state index contributed by atoms with van der Waals surface area (Å²) in [6.07, 6.45) is 0. The van der Waals surface area contributed by atoms with E-state index >= 15 is 0 Å². The van der Waals surface area contributed by atoms with Crippen molar-refractivity contribution in [2.45, 2.75) is 6.92 Å². The number of Topliss-reactive ketones (excluding diaryl/α,β-unsaturated/α-hetero) is 1. The van der Waals surface area contributed by atoms with Gasteiger partial charge in [0.1, 0.15) is 7.11 Å². The number of carbonyl (C=O) groups excluding carboxylic acids is 2. The predicted octanol–water partition coefficient (Wildman–Crippen LogP) is 1.22. The molecule has 0 unspecified atom stereocenters. The molecule has 1 aromatic carbocycles. The molecule has 84 valence electrons. The Balaban J connectivity index is 2.78. The summed E-state index contributed by atoms with van der Waals surface area (Å²) < 4.78 is 0. The number of ketones is 1. The van der Waals surface area contributed by atoms with Crippen molar-refractivity contribution < 1.29 is 14.4 Å². The van der Waals surface area contributed by atoms with Crippen LogP contribution in [0.25, 0.3) is 0 Å².